The predicted octanol–water partition coefficient (Wildman–Crippen LogP) is 3.52. The molecule has 0 heterocycles. The van der Waals surface area contributed by atoms with E-state index in [1.54, 1.807) is 6.07 Å². The number of fused-ring (bicyclic) bond motifs is 1. The first kappa shape index (κ1) is 10.6. The van der Waals surface area contributed by atoms with E-state index in [2.05, 4.69) is 6.07 Å². The molecule has 1 aliphatic rings. The molecule has 0 amide bonds. The van der Waals surface area contributed by atoms with Gasteiger partial charge in [0.1, 0.15) is 0 Å². The van der Waals surface area contributed by atoms with Crippen LogP contribution in [0.25, 0.3) is 0 Å². The molecule has 0 saturated carbocycles. The first-order chi connectivity index (χ1) is 7.15. The van der Waals surface area contributed by atoms with E-state index in [4.69, 9.17) is 34.2 Å². The first-order valence-electron chi connectivity index (χ1n) is 4.81. The number of halogens is 2. The molecule has 0 spiro atoms. The van der Waals surface area contributed by atoms with Gasteiger partial charge in [-0.2, -0.15) is 5.26 Å². The van der Waals surface area contributed by atoms with Gasteiger partial charge in [-0.25, -0.2) is 0 Å². The molecule has 2 N–H and O–H groups in total. The van der Waals surface area contributed by atoms with Crippen molar-refractivity contribution in [2.75, 3.05) is 5.73 Å². The van der Waals surface area contributed by atoms with Crippen LogP contribution < -0.4 is 5.73 Å². The monoisotopic (exact) mass is 240 g/mol. The third-order valence-corrected chi connectivity index (χ3v) is 3.58. The lowest BCUT2D eigenvalue weighted by Gasteiger charge is -2.22. The fraction of sp³-hybridized carbons (Fsp3) is 0.364. The molecule has 0 saturated heterocycles. The quantitative estimate of drug-likeness (QED) is 0.706. The van der Waals surface area contributed by atoms with E-state index < -0.39 is 0 Å². The van der Waals surface area contributed by atoms with Crippen LogP contribution in [0.2, 0.25) is 10.0 Å². The fourth-order valence-corrected chi connectivity index (χ4v) is 2.60. The molecule has 2 rings (SSSR count). The van der Waals surface area contributed by atoms with Crippen molar-refractivity contribution in [3.63, 3.8) is 0 Å². The lowest BCUT2D eigenvalue weighted by molar-refractivity contribution is 0.637. The van der Waals surface area contributed by atoms with Crippen LogP contribution in [-0.4, -0.2) is 0 Å². The zero-order valence-electron chi connectivity index (χ0n) is 8.06. The van der Waals surface area contributed by atoms with E-state index >= 15 is 0 Å². The summed E-state index contributed by atoms with van der Waals surface area (Å²) in [5, 5.41) is 9.99. The SMILES string of the molecule is N#CC1CCCc2c1cc(Cl)c(N)c2Cl. The topological polar surface area (TPSA) is 49.8 Å². The third kappa shape index (κ3) is 1.67. The number of hydrogen-bond acceptors (Lipinski definition) is 2. The Labute approximate surface area is 98.6 Å². The molecule has 1 aromatic carbocycles. The van der Waals surface area contributed by atoms with Crippen LogP contribution >= 0.6 is 23.2 Å². The van der Waals surface area contributed by atoms with Crippen LogP contribution in [0, 0.1) is 11.3 Å². The predicted molar refractivity (Wildman–Crippen MR) is 62.2 cm³/mol. The maximum atomic E-state index is 9.02. The van der Waals surface area contributed by atoms with Crippen LogP contribution in [0.15, 0.2) is 6.07 Å². The van der Waals surface area contributed by atoms with Gasteiger partial charge < -0.3 is 5.73 Å². The maximum Gasteiger partial charge on any atom is 0.0716 e. The largest absolute Gasteiger partial charge is 0.396 e. The molecule has 1 aliphatic carbocycles. The standard InChI is InChI=1S/C11H10Cl2N2/c12-9-4-8-6(5-14)2-1-3-7(8)10(13)11(9)15/h4,6H,1-3,15H2. The number of nitrogens with zero attached hydrogens (tertiary/aromatic N) is 1. The third-order valence-electron chi connectivity index (χ3n) is 2.84. The summed E-state index contributed by atoms with van der Waals surface area (Å²) in [7, 11) is 0. The number of rotatable bonds is 0. The molecule has 0 aliphatic heterocycles. The Morgan fingerprint density at radius 3 is 2.87 bits per heavy atom. The van der Waals surface area contributed by atoms with Crippen molar-refractivity contribution in [1.29, 1.82) is 5.26 Å². The van der Waals surface area contributed by atoms with Gasteiger partial charge in [-0.3, -0.25) is 0 Å². The Bertz CT molecular complexity index is 449. The van der Waals surface area contributed by atoms with E-state index in [1.807, 2.05) is 0 Å². The van der Waals surface area contributed by atoms with Crippen LogP contribution in [-0.2, 0) is 6.42 Å². The van der Waals surface area contributed by atoms with Crippen molar-refractivity contribution < 1.29 is 0 Å². The molecule has 0 bridgehead atoms. The van der Waals surface area contributed by atoms with Crippen molar-refractivity contribution in [3.05, 3.63) is 27.2 Å². The normalized spacial score (nSPS) is 19.4. The molecule has 0 radical (unpaired) electrons. The molecular weight excluding hydrogens is 231 g/mol. The van der Waals surface area contributed by atoms with Gasteiger partial charge in [0.2, 0.25) is 0 Å². The van der Waals surface area contributed by atoms with Gasteiger partial charge in [0.25, 0.3) is 0 Å². The lowest BCUT2D eigenvalue weighted by Crippen LogP contribution is -2.10. The van der Waals surface area contributed by atoms with Gasteiger partial charge in [0.05, 0.1) is 27.7 Å². The smallest absolute Gasteiger partial charge is 0.0716 e. The number of nitrogen functional groups attached to an aromatic ring is 1. The Morgan fingerprint density at radius 1 is 1.47 bits per heavy atom. The van der Waals surface area contributed by atoms with Gasteiger partial charge in [-0.1, -0.05) is 23.2 Å². The van der Waals surface area contributed by atoms with Crippen molar-refractivity contribution >= 4 is 28.9 Å². The molecule has 0 aromatic heterocycles. The van der Waals surface area contributed by atoms with Gasteiger partial charge in [0, 0.05) is 0 Å². The highest BCUT2D eigenvalue weighted by atomic mass is 35.5. The average Bonchev–Trinajstić information content (AvgIpc) is 2.25. The highest BCUT2D eigenvalue weighted by Crippen LogP contribution is 2.41. The Hall–Kier alpha value is -0.910. The minimum atomic E-state index is -0.0932. The van der Waals surface area contributed by atoms with Crippen LogP contribution in [0.1, 0.15) is 29.9 Å². The van der Waals surface area contributed by atoms with Gasteiger partial charge in [0.15, 0.2) is 0 Å². The molecule has 1 aromatic rings. The highest BCUT2D eigenvalue weighted by molar-refractivity contribution is 6.39. The average molecular weight is 241 g/mol. The summed E-state index contributed by atoms with van der Waals surface area (Å²) < 4.78 is 0. The minimum absolute atomic E-state index is 0.0932. The lowest BCUT2D eigenvalue weighted by atomic mass is 9.83. The summed E-state index contributed by atoms with van der Waals surface area (Å²) in [6.07, 6.45) is 2.74. The fourth-order valence-electron chi connectivity index (χ4n) is 2.03. The second-order valence-corrected chi connectivity index (χ2v) is 4.51. The van der Waals surface area contributed by atoms with E-state index in [0.717, 1.165) is 30.4 Å². The second kappa shape index (κ2) is 3.92. The zero-order chi connectivity index (χ0) is 11.0. The second-order valence-electron chi connectivity index (χ2n) is 3.73. The van der Waals surface area contributed by atoms with Gasteiger partial charge >= 0.3 is 0 Å². The van der Waals surface area contributed by atoms with Crippen LogP contribution in [0.3, 0.4) is 0 Å². The minimum Gasteiger partial charge on any atom is -0.396 e. The number of nitriles is 1. The molecule has 1 unspecified atom stereocenters. The van der Waals surface area contributed by atoms with Gasteiger partial charge in [-0.05, 0) is 36.5 Å². The van der Waals surface area contributed by atoms with E-state index in [0.29, 0.717) is 15.7 Å². The van der Waals surface area contributed by atoms with E-state index in [-0.39, 0.29) is 5.92 Å². The number of hydrogen-bond donors (Lipinski definition) is 1. The number of anilines is 1. The first-order valence-corrected chi connectivity index (χ1v) is 5.56. The van der Waals surface area contributed by atoms with Crippen molar-refractivity contribution in [2.24, 2.45) is 0 Å². The Balaban J connectivity index is 2.64. The molecule has 0 fully saturated rings. The summed E-state index contributed by atoms with van der Waals surface area (Å²) in [4.78, 5) is 0. The van der Waals surface area contributed by atoms with Crippen molar-refractivity contribution in [2.45, 2.75) is 25.2 Å². The van der Waals surface area contributed by atoms with Crippen LogP contribution in [0.5, 0.6) is 0 Å². The molecule has 2 nitrogen and oxygen atoms in total. The van der Waals surface area contributed by atoms with E-state index in [9.17, 15) is 0 Å². The molecule has 15 heavy (non-hydrogen) atoms. The summed E-state index contributed by atoms with van der Waals surface area (Å²) in [5.74, 6) is -0.0932. The van der Waals surface area contributed by atoms with Crippen LogP contribution in [0.4, 0.5) is 5.69 Å². The molecule has 1 atom stereocenters. The summed E-state index contributed by atoms with van der Waals surface area (Å²) >= 11 is 12.1. The molecule has 78 valence electrons. The summed E-state index contributed by atoms with van der Waals surface area (Å²) in [5.41, 5.74) is 8.12. The summed E-state index contributed by atoms with van der Waals surface area (Å²) in [6.45, 7) is 0. The van der Waals surface area contributed by atoms with E-state index in [1.165, 1.54) is 0 Å². The number of benzene rings is 1. The number of nitrogens with two attached hydrogens (primary N) is 1. The zero-order valence-corrected chi connectivity index (χ0v) is 9.57. The van der Waals surface area contributed by atoms with Crippen molar-refractivity contribution in [3.8, 4) is 6.07 Å². The Morgan fingerprint density at radius 2 is 2.20 bits per heavy atom. The molecule has 4 heteroatoms. The Kier molecular flexibility index (Phi) is 2.77. The van der Waals surface area contributed by atoms with Crippen molar-refractivity contribution in [1.82, 2.24) is 0 Å². The van der Waals surface area contributed by atoms with Gasteiger partial charge in [-0.15, -0.1) is 0 Å². The summed E-state index contributed by atoms with van der Waals surface area (Å²) in [6, 6.07) is 4.06. The highest BCUT2D eigenvalue weighted by Gasteiger charge is 2.24. The molecular formula is C11H10Cl2N2. The maximum absolute atomic E-state index is 9.02.